The summed E-state index contributed by atoms with van der Waals surface area (Å²) in [5, 5.41) is 11.4. The number of hydrogen-bond acceptors (Lipinski definition) is 7. The normalized spacial score (nSPS) is 13.9. The molecular weight excluding hydrogens is 459 g/mol. The predicted octanol–water partition coefficient (Wildman–Crippen LogP) is 3.87. The average molecular weight is 481 g/mol. The van der Waals surface area contributed by atoms with Crippen LogP contribution in [0.1, 0.15) is 12.8 Å². The highest BCUT2D eigenvalue weighted by atomic mass is 19.2. The summed E-state index contributed by atoms with van der Waals surface area (Å²) < 4.78 is 49.7. The van der Waals surface area contributed by atoms with E-state index in [0.29, 0.717) is 23.2 Å². The maximum atomic E-state index is 15.1. The minimum atomic E-state index is -1.15. The fourth-order valence-electron chi connectivity index (χ4n) is 4.06. The number of nitrogens with two attached hydrogens (primary N) is 1. The number of tetrazole rings is 1. The molecular formula is C24H22F3N7O. The van der Waals surface area contributed by atoms with Crippen molar-refractivity contribution in [2.45, 2.75) is 12.8 Å². The Morgan fingerprint density at radius 3 is 2.49 bits per heavy atom. The fourth-order valence-corrected chi connectivity index (χ4v) is 4.06. The number of nitrogens with zero attached hydrogens (tertiary/aromatic N) is 6. The largest absolute Gasteiger partial charge is 0.489 e. The third-order valence-electron chi connectivity index (χ3n) is 5.92. The van der Waals surface area contributed by atoms with Crippen molar-refractivity contribution in [2.75, 3.05) is 32.0 Å². The minimum Gasteiger partial charge on any atom is -0.489 e. The first-order valence-electron chi connectivity index (χ1n) is 11.1. The Morgan fingerprint density at radius 2 is 1.71 bits per heavy atom. The molecule has 11 heteroatoms. The zero-order valence-corrected chi connectivity index (χ0v) is 18.7. The maximum absolute atomic E-state index is 15.1. The van der Waals surface area contributed by atoms with Gasteiger partial charge < -0.3 is 10.5 Å². The number of benzene rings is 2. The van der Waals surface area contributed by atoms with Crippen LogP contribution >= 0.6 is 0 Å². The molecule has 0 spiro atoms. The van der Waals surface area contributed by atoms with Crippen molar-refractivity contribution >= 4 is 5.82 Å². The van der Waals surface area contributed by atoms with Gasteiger partial charge >= 0.3 is 0 Å². The second-order valence-electron chi connectivity index (χ2n) is 8.19. The van der Waals surface area contributed by atoms with E-state index in [-0.39, 0.29) is 35.5 Å². The molecule has 0 radical (unpaired) electrons. The monoisotopic (exact) mass is 481 g/mol. The van der Waals surface area contributed by atoms with Crippen LogP contribution in [0.2, 0.25) is 0 Å². The summed E-state index contributed by atoms with van der Waals surface area (Å²) in [6.45, 7) is 2.88. The van der Waals surface area contributed by atoms with E-state index in [9.17, 15) is 8.78 Å². The van der Waals surface area contributed by atoms with Gasteiger partial charge in [0.15, 0.2) is 17.4 Å². The number of pyridine rings is 1. The van der Waals surface area contributed by atoms with E-state index >= 15 is 4.39 Å². The van der Waals surface area contributed by atoms with Crippen LogP contribution in [-0.2, 0) is 0 Å². The third-order valence-corrected chi connectivity index (χ3v) is 5.92. The van der Waals surface area contributed by atoms with E-state index < -0.39 is 11.6 Å². The molecule has 0 atom stereocenters. The average Bonchev–Trinajstić information content (AvgIpc) is 3.55. The highest BCUT2D eigenvalue weighted by molar-refractivity contribution is 5.76. The summed E-state index contributed by atoms with van der Waals surface area (Å²) in [7, 11) is 0. The molecule has 180 valence electrons. The molecule has 2 aromatic carbocycles. The van der Waals surface area contributed by atoms with Crippen molar-refractivity contribution in [2.24, 2.45) is 0 Å². The molecule has 2 aromatic heterocycles. The first-order chi connectivity index (χ1) is 17.0. The number of hydrogen-bond donors (Lipinski definition) is 1. The standard InChI is InChI=1S/C24H22F3N7O/c25-17-5-3-15(4-6-17)16-13-18(23(28)29-14-16)24-30-31-32-34(24)19-7-8-20(22(27)21(19)26)35-12-11-33-9-1-2-10-33/h3-8,13-14H,1-2,9-12H2,(H2,28,29). The maximum Gasteiger partial charge on any atom is 0.202 e. The van der Waals surface area contributed by atoms with Gasteiger partial charge in [-0.25, -0.2) is 13.8 Å². The summed E-state index contributed by atoms with van der Waals surface area (Å²) in [5.74, 6) is -2.67. The molecule has 0 aliphatic carbocycles. The Balaban J connectivity index is 1.43. The van der Waals surface area contributed by atoms with Crippen LogP contribution in [0.4, 0.5) is 19.0 Å². The van der Waals surface area contributed by atoms with Gasteiger partial charge in [-0.15, -0.1) is 5.10 Å². The summed E-state index contributed by atoms with van der Waals surface area (Å²) in [6, 6.07) is 10.2. The number of ether oxygens (including phenoxy) is 1. The van der Waals surface area contributed by atoms with Crippen LogP contribution < -0.4 is 10.5 Å². The first-order valence-corrected chi connectivity index (χ1v) is 11.1. The molecule has 1 aliphatic heterocycles. The van der Waals surface area contributed by atoms with Crippen LogP contribution in [0.15, 0.2) is 48.7 Å². The molecule has 0 bridgehead atoms. The SMILES string of the molecule is Nc1ncc(-c2ccc(F)cc2)cc1-c1nnnn1-c1ccc(OCCN2CCCC2)c(F)c1F. The van der Waals surface area contributed by atoms with Crippen LogP contribution in [0, 0.1) is 17.5 Å². The van der Waals surface area contributed by atoms with Crippen molar-refractivity contribution in [1.82, 2.24) is 30.1 Å². The van der Waals surface area contributed by atoms with Gasteiger partial charge in [-0.3, -0.25) is 4.90 Å². The molecule has 3 heterocycles. The van der Waals surface area contributed by atoms with Gasteiger partial charge in [0.05, 0.1) is 5.56 Å². The number of anilines is 1. The zero-order chi connectivity index (χ0) is 24.4. The van der Waals surface area contributed by atoms with E-state index in [1.54, 1.807) is 18.2 Å². The van der Waals surface area contributed by atoms with Crippen LogP contribution in [0.3, 0.4) is 0 Å². The Hall–Kier alpha value is -3.99. The quantitative estimate of drug-likeness (QED) is 0.428. The molecule has 1 saturated heterocycles. The molecule has 4 aromatic rings. The van der Waals surface area contributed by atoms with Crippen LogP contribution in [0.5, 0.6) is 5.75 Å². The van der Waals surface area contributed by atoms with Gasteiger partial charge in [0.25, 0.3) is 0 Å². The van der Waals surface area contributed by atoms with E-state index in [2.05, 4.69) is 25.4 Å². The number of likely N-dealkylation sites (tertiary alicyclic amines) is 1. The van der Waals surface area contributed by atoms with Gasteiger partial charge in [-0.1, -0.05) is 12.1 Å². The van der Waals surface area contributed by atoms with E-state index in [1.807, 2.05) is 0 Å². The Labute approximate surface area is 199 Å². The highest BCUT2D eigenvalue weighted by Crippen LogP contribution is 2.31. The van der Waals surface area contributed by atoms with Crippen molar-refractivity contribution in [3.63, 3.8) is 0 Å². The van der Waals surface area contributed by atoms with Gasteiger partial charge in [0.1, 0.15) is 23.9 Å². The van der Waals surface area contributed by atoms with Gasteiger partial charge in [0, 0.05) is 18.3 Å². The van der Waals surface area contributed by atoms with E-state index in [1.165, 1.54) is 30.5 Å². The Kier molecular flexibility index (Phi) is 6.32. The summed E-state index contributed by atoms with van der Waals surface area (Å²) in [4.78, 5) is 6.39. The minimum absolute atomic E-state index is 0.0694. The molecule has 0 amide bonds. The van der Waals surface area contributed by atoms with Crippen molar-refractivity contribution in [3.05, 3.63) is 66.1 Å². The number of halogens is 3. The van der Waals surface area contributed by atoms with Crippen LogP contribution in [0.25, 0.3) is 28.2 Å². The topological polar surface area (TPSA) is 95.0 Å². The molecule has 0 saturated carbocycles. The second-order valence-corrected chi connectivity index (χ2v) is 8.19. The van der Waals surface area contributed by atoms with E-state index in [4.69, 9.17) is 10.5 Å². The van der Waals surface area contributed by atoms with Gasteiger partial charge in [-0.05, 0) is 72.3 Å². The highest BCUT2D eigenvalue weighted by Gasteiger charge is 2.22. The Bertz CT molecular complexity index is 1340. The lowest BCUT2D eigenvalue weighted by Gasteiger charge is -2.16. The summed E-state index contributed by atoms with van der Waals surface area (Å²) in [6.07, 6.45) is 3.80. The predicted molar refractivity (Wildman–Crippen MR) is 123 cm³/mol. The molecule has 1 aliphatic rings. The molecule has 35 heavy (non-hydrogen) atoms. The smallest absolute Gasteiger partial charge is 0.202 e. The Morgan fingerprint density at radius 1 is 0.943 bits per heavy atom. The van der Waals surface area contributed by atoms with Crippen molar-refractivity contribution < 1.29 is 17.9 Å². The van der Waals surface area contributed by atoms with Crippen molar-refractivity contribution in [1.29, 1.82) is 0 Å². The molecule has 0 unspecified atom stereocenters. The van der Waals surface area contributed by atoms with Gasteiger partial charge in [-0.2, -0.15) is 9.07 Å². The van der Waals surface area contributed by atoms with Crippen molar-refractivity contribution in [3.8, 4) is 34.0 Å². The number of nitrogen functional groups attached to an aromatic ring is 1. The van der Waals surface area contributed by atoms with E-state index in [0.717, 1.165) is 30.6 Å². The molecule has 8 nitrogen and oxygen atoms in total. The number of aromatic nitrogens is 5. The number of rotatable bonds is 7. The molecule has 2 N–H and O–H groups in total. The summed E-state index contributed by atoms with van der Waals surface area (Å²) >= 11 is 0. The third kappa shape index (κ3) is 4.67. The zero-order valence-electron chi connectivity index (χ0n) is 18.7. The van der Waals surface area contributed by atoms with Gasteiger partial charge in [0.2, 0.25) is 5.82 Å². The van der Waals surface area contributed by atoms with Crippen LogP contribution in [-0.4, -0.2) is 56.3 Å². The molecule has 5 rings (SSSR count). The lowest BCUT2D eigenvalue weighted by atomic mass is 10.1. The first kappa shape index (κ1) is 22.8. The summed E-state index contributed by atoms with van der Waals surface area (Å²) in [5.41, 5.74) is 7.47. The fraction of sp³-hybridized carbons (Fsp3) is 0.250. The molecule has 1 fully saturated rings. The lowest BCUT2D eigenvalue weighted by molar-refractivity contribution is 0.229. The lowest BCUT2D eigenvalue weighted by Crippen LogP contribution is -2.25. The second kappa shape index (κ2) is 9.71.